The van der Waals surface area contributed by atoms with Crippen molar-refractivity contribution in [3.8, 4) is 0 Å². The first-order valence-electron chi connectivity index (χ1n) is 50.1. The van der Waals surface area contributed by atoms with E-state index in [0.717, 1.165) is 89.9 Å². The van der Waals surface area contributed by atoms with E-state index in [9.17, 15) is 111 Å². The summed E-state index contributed by atoms with van der Waals surface area (Å²) in [6.45, 7) is 18.4. The molecule has 0 radical (unpaired) electrons. The molecule has 0 aromatic carbocycles. The lowest BCUT2D eigenvalue weighted by Crippen LogP contribution is -2.68. The van der Waals surface area contributed by atoms with Crippen molar-refractivity contribution in [1.82, 2.24) is 0 Å². The van der Waals surface area contributed by atoms with Gasteiger partial charge in [-0.1, -0.05) is 136 Å². The number of rotatable bonds is 40. The molecule has 0 aliphatic carbocycles. The third-order valence-corrected chi connectivity index (χ3v) is 27.7. The summed E-state index contributed by atoms with van der Waals surface area (Å²) in [4.78, 5) is 68.9. The standard InChI is InChI=1S/C94H162O43/c1-14-17-29-36-54(124-89-78(67(107)62(102)49(9)119-89)135-92-80(69(109)64(104)56(42-95)126-92)134-91-82(129-58(98)35-16-3)74(114)76(52(12)122-91)132-87-72(112)66(106)61(101)48(8)118-87)38-31-25-21-19-23-27-33-40-59(99)128-75-51(11)121-88(73(113)71(75)111)133-77-53(13)123-94-84(131-86(116)45(5)47(7)97)83(77)130-60(100)41-34-28-24-20-22-26-32-39-55(37-30-18-15-2)125-90-79(68(108)63(103)50(10)120-90)136-93-81(137-94)70(110)65(105)57(127-93)43-117-85(115)44(4)46(6)96/h44-57,61-84,87-97,101-114H,14-43H2,1-13H3/t44?,45?,46?,47?,48-,49-,50-,51+,52+,53+,54-,55?,56-,57-,61-,62-,63-,64-,65-,66+,67+,68+,69+,70+,71+,72-,73+,74?,75+,76+,77+,78-,79-,80-,81-,82?,83-,84-,87+,88+,89+,90+,91+,92+,93+,94+/m1/s1. The molecule has 9 fully saturated rings. The van der Waals surface area contributed by atoms with Gasteiger partial charge in [0.2, 0.25) is 0 Å². The van der Waals surface area contributed by atoms with Crippen LogP contribution in [0.2, 0.25) is 0 Å². The summed E-state index contributed by atoms with van der Waals surface area (Å²) in [5, 5.41) is 193. The van der Waals surface area contributed by atoms with E-state index < -0.39 is 325 Å². The second-order valence-electron chi connectivity index (χ2n) is 38.7. The Kier molecular flexibility index (Phi) is 48.2. The summed E-state index contributed by atoms with van der Waals surface area (Å²) in [6, 6.07) is 0. The van der Waals surface area contributed by atoms with Crippen molar-refractivity contribution in [2.24, 2.45) is 11.8 Å². The van der Waals surface area contributed by atoms with Crippen molar-refractivity contribution in [2.45, 2.75) is 540 Å². The molecule has 7 unspecified atom stereocenters. The van der Waals surface area contributed by atoms with Gasteiger partial charge in [-0.25, -0.2) is 0 Å². The zero-order valence-electron chi connectivity index (χ0n) is 81.5. The van der Waals surface area contributed by atoms with Crippen LogP contribution in [0.25, 0.3) is 0 Å². The minimum Gasteiger partial charge on any atom is -0.463 e. The highest BCUT2D eigenvalue weighted by molar-refractivity contribution is 5.74. The van der Waals surface area contributed by atoms with Crippen LogP contribution in [0.4, 0.5) is 0 Å². The van der Waals surface area contributed by atoms with E-state index in [0.29, 0.717) is 70.6 Å². The third-order valence-electron chi connectivity index (χ3n) is 27.7. The topological polar surface area (TPSA) is 623 Å². The van der Waals surface area contributed by atoms with Gasteiger partial charge in [-0.05, 0) is 114 Å². The molecule has 9 saturated heterocycles. The molecule has 0 saturated carbocycles. The Bertz CT molecular complexity index is 3500. The first-order valence-corrected chi connectivity index (χ1v) is 50.1. The first-order chi connectivity index (χ1) is 65.1. The van der Waals surface area contributed by atoms with Gasteiger partial charge >= 0.3 is 29.8 Å². The fourth-order valence-corrected chi connectivity index (χ4v) is 18.4. The van der Waals surface area contributed by atoms with Gasteiger partial charge < -0.3 is 186 Å². The maximum absolute atomic E-state index is 14.4. The van der Waals surface area contributed by atoms with Gasteiger partial charge in [-0.3, -0.25) is 24.0 Å². The van der Waals surface area contributed by atoms with Gasteiger partial charge in [-0.2, -0.15) is 0 Å². The molecule has 46 atom stereocenters. The minimum atomic E-state index is -2.13. The average molecular weight is 1980 g/mol. The van der Waals surface area contributed by atoms with Crippen molar-refractivity contribution in [3.05, 3.63) is 0 Å². The normalized spacial score (nSPS) is 41.9. The molecule has 43 nitrogen and oxygen atoms in total. The number of fused-ring (bicyclic) bond motifs is 4. The second-order valence-corrected chi connectivity index (χ2v) is 38.7. The van der Waals surface area contributed by atoms with Gasteiger partial charge in [0.05, 0.1) is 79.5 Å². The molecule has 0 spiro atoms. The summed E-state index contributed by atoms with van der Waals surface area (Å²) in [5.41, 5.74) is 0. The maximum Gasteiger partial charge on any atom is 0.311 e. The smallest absolute Gasteiger partial charge is 0.311 e. The zero-order valence-corrected chi connectivity index (χ0v) is 81.5. The van der Waals surface area contributed by atoms with Gasteiger partial charge in [0, 0.05) is 19.3 Å². The van der Waals surface area contributed by atoms with Crippen LogP contribution in [0.5, 0.6) is 0 Å². The first kappa shape index (κ1) is 117. The number of aliphatic hydroxyl groups excluding tert-OH is 17. The van der Waals surface area contributed by atoms with Gasteiger partial charge in [0.25, 0.3) is 0 Å². The number of esters is 5. The molecule has 0 aromatic rings. The Balaban J connectivity index is 0.832. The fourth-order valence-electron chi connectivity index (χ4n) is 18.4. The van der Waals surface area contributed by atoms with Gasteiger partial charge in [0.1, 0.15) is 141 Å². The van der Waals surface area contributed by atoms with Crippen LogP contribution in [0.3, 0.4) is 0 Å². The largest absolute Gasteiger partial charge is 0.463 e. The highest BCUT2D eigenvalue weighted by Gasteiger charge is 2.61. The van der Waals surface area contributed by atoms with E-state index in [2.05, 4.69) is 6.92 Å². The Morgan fingerprint density at radius 1 is 0.358 bits per heavy atom. The summed E-state index contributed by atoms with van der Waals surface area (Å²) in [6.07, 6.45) is -53.4. The lowest BCUT2D eigenvalue weighted by atomic mass is 9.95. The van der Waals surface area contributed by atoms with E-state index in [4.69, 9.17) is 99.5 Å². The van der Waals surface area contributed by atoms with Crippen LogP contribution >= 0.6 is 0 Å². The van der Waals surface area contributed by atoms with Crippen molar-refractivity contribution >= 4 is 29.8 Å². The molecular formula is C94H162O43. The molecule has 796 valence electrons. The molecule has 0 amide bonds. The number of ether oxygens (including phenoxy) is 21. The zero-order chi connectivity index (χ0) is 101. The third kappa shape index (κ3) is 32.0. The van der Waals surface area contributed by atoms with Crippen LogP contribution in [0.15, 0.2) is 0 Å². The number of hydrogen-bond donors (Lipinski definition) is 17. The Morgan fingerprint density at radius 2 is 0.810 bits per heavy atom. The Labute approximate surface area is 801 Å². The highest BCUT2D eigenvalue weighted by atomic mass is 16.8. The van der Waals surface area contributed by atoms with E-state index in [1.807, 2.05) is 6.92 Å². The van der Waals surface area contributed by atoms with Crippen LogP contribution in [-0.2, 0) is 123 Å². The van der Waals surface area contributed by atoms with Gasteiger partial charge in [0.15, 0.2) is 74.7 Å². The lowest BCUT2D eigenvalue weighted by molar-refractivity contribution is -0.399. The van der Waals surface area contributed by atoms with Crippen LogP contribution in [0.1, 0.15) is 270 Å². The molecule has 137 heavy (non-hydrogen) atoms. The molecule has 9 rings (SSSR count). The summed E-state index contributed by atoms with van der Waals surface area (Å²) < 4.78 is 131. The van der Waals surface area contributed by atoms with Crippen LogP contribution < -0.4 is 0 Å². The number of carbonyl (C=O) groups excluding carboxylic acids is 5. The quantitative estimate of drug-likeness (QED) is 0.0233. The summed E-state index contributed by atoms with van der Waals surface area (Å²) in [5.74, 6) is -6.70. The average Bonchev–Trinajstić information content (AvgIpc) is 0.765. The summed E-state index contributed by atoms with van der Waals surface area (Å²) in [7, 11) is 0. The predicted octanol–water partition coefficient (Wildman–Crippen LogP) is 1.25. The number of hydrogen-bond acceptors (Lipinski definition) is 43. The molecule has 17 N–H and O–H groups in total. The van der Waals surface area contributed by atoms with E-state index in [-0.39, 0.29) is 19.3 Å². The molecule has 43 heteroatoms. The van der Waals surface area contributed by atoms with Crippen LogP contribution in [-0.4, -0.2) is 400 Å². The number of aliphatic hydroxyl groups is 17. The minimum absolute atomic E-state index is 0.0900. The van der Waals surface area contributed by atoms with E-state index in [1.54, 1.807) is 6.92 Å². The van der Waals surface area contributed by atoms with Crippen LogP contribution in [0, 0.1) is 11.8 Å². The van der Waals surface area contributed by atoms with E-state index in [1.165, 1.54) is 69.2 Å². The summed E-state index contributed by atoms with van der Waals surface area (Å²) >= 11 is 0. The number of carbonyl (C=O) groups is 5. The fraction of sp³-hybridized carbons (Fsp3) is 0.947. The molecule has 9 aliphatic rings. The van der Waals surface area contributed by atoms with Crippen molar-refractivity contribution in [3.63, 3.8) is 0 Å². The molecule has 2 bridgehead atoms. The predicted molar refractivity (Wildman–Crippen MR) is 472 cm³/mol. The second kappa shape index (κ2) is 56.7. The molecule has 9 aliphatic heterocycles. The number of unbranched alkanes of at least 4 members (excludes halogenated alkanes) is 10. The molecule has 0 aromatic heterocycles. The van der Waals surface area contributed by atoms with E-state index >= 15 is 0 Å². The maximum atomic E-state index is 14.4. The Hall–Kier alpha value is -3.97. The monoisotopic (exact) mass is 1980 g/mol. The van der Waals surface area contributed by atoms with Gasteiger partial charge in [-0.15, -0.1) is 0 Å². The molecule has 9 heterocycles. The molecular weight excluding hydrogens is 1820 g/mol. The SMILES string of the molecule is CCCCCC1CCCCCCCCCC(=O)O[C@@H]2[C@@H](O[C@@H]3O[C@@H](C)[C@H](OC(=O)CCCCCCCCC[C@@H](CCCCC)O[C@@H]4O[C@H](C)[C@@H](O)[C@H](O)[C@H]4O[C@@H]4O[C@H](CO)[C@@H](O)[C@H](O)[C@H]4O[C@@H]4O[C@@H](C)[C@H](O[C@@H]5O[C@H](C)[C@@H](O)[C@H](O)[C@H]5O)C(O)C4OC(=O)CCC)[C@@H](O)[C@@H]3O)[C@H](C)O[C@@H](O[C@H]3[C@H](O[C@H]4[C@H](O1)O[C@H](C)[C@@H](O)[C@@H]4O)O[C@H](COC(=O)C(C)C(C)O)[C@@H](O)[C@@H]3O)[C@@H]2OC(=O)C(C)C(C)O. The lowest BCUT2D eigenvalue weighted by Gasteiger charge is -2.50. The van der Waals surface area contributed by atoms with Crippen molar-refractivity contribution in [2.75, 3.05) is 13.2 Å². The Morgan fingerprint density at radius 3 is 1.45 bits per heavy atom. The van der Waals surface area contributed by atoms with Crippen molar-refractivity contribution < 1.29 is 210 Å². The van der Waals surface area contributed by atoms with Crippen molar-refractivity contribution in [1.29, 1.82) is 0 Å². The highest BCUT2D eigenvalue weighted by Crippen LogP contribution is 2.42.